The molecule has 0 bridgehead atoms. The summed E-state index contributed by atoms with van der Waals surface area (Å²) in [6.45, 7) is 7.70. The van der Waals surface area contributed by atoms with Crippen LogP contribution in [0.4, 0.5) is 0 Å². The average Bonchev–Trinajstić information content (AvgIpc) is 2.25. The number of nitrogens with zero attached hydrogens (tertiary/aromatic N) is 2. The van der Waals surface area contributed by atoms with Crippen LogP contribution in [0.3, 0.4) is 0 Å². The van der Waals surface area contributed by atoms with E-state index < -0.39 is 10.0 Å². The lowest BCUT2D eigenvalue weighted by atomic mass is 9.89. The van der Waals surface area contributed by atoms with Crippen molar-refractivity contribution in [1.82, 2.24) is 9.21 Å². The molecule has 1 rings (SSSR count). The minimum Gasteiger partial charge on any atom is -0.393 e. The first-order valence-electron chi connectivity index (χ1n) is 6.10. The van der Waals surface area contributed by atoms with Gasteiger partial charge in [-0.25, -0.2) is 8.42 Å². The van der Waals surface area contributed by atoms with E-state index in [-0.39, 0.29) is 5.41 Å². The lowest BCUT2D eigenvalue weighted by molar-refractivity contribution is 0.176. The second-order valence-corrected chi connectivity index (χ2v) is 7.92. The normalized spacial score (nSPS) is 19.9. The average molecular weight is 293 g/mol. The Kier molecular flexibility index (Phi) is 5.11. The maximum atomic E-state index is 11.4. The molecular formula is C11H23N3O2S2. The highest BCUT2D eigenvalue weighted by molar-refractivity contribution is 7.88. The molecule has 1 aliphatic rings. The fraction of sp³-hybridized carbons (Fsp3) is 0.909. The van der Waals surface area contributed by atoms with Crippen molar-refractivity contribution >= 4 is 27.2 Å². The van der Waals surface area contributed by atoms with Crippen LogP contribution in [0, 0.1) is 5.41 Å². The van der Waals surface area contributed by atoms with Gasteiger partial charge in [0.05, 0.1) is 11.2 Å². The Morgan fingerprint density at radius 1 is 1.28 bits per heavy atom. The molecule has 0 aliphatic carbocycles. The molecule has 0 unspecified atom stereocenters. The molecule has 0 radical (unpaired) electrons. The van der Waals surface area contributed by atoms with Gasteiger partial charge in [0.25, 0.3) is 0 Å². The van der Waals surface area contributed by atoms with Crippen molar-refractivity contribution in [2.75, 3.05) is 39.0 Å². The van der Waals surface area contributed by atoms with Crippen LogP contribution >= 0.6 is 12.2 Å². The molecule has 5 nitrogen and oxygen atoms in total. The molecule has 0 atom stereocenters. The van der Waals surface area contributed by atoms with Crippen LogP contribution in [0.2, 0.25) is 0 Å². The molecule has 1 fully saturated rings. The number of hydrogen-bond acceptors (Lipinski definition) is 4. The maximum absolute atomic E-state index is 11.4. The van der Waals surface area contributed by atoms with Crippen LogP contribution < -0.4 is 5.73 Å². The smallest absolute Gasteiger partial charge is 0.211 e. The molecule has 0 aromatic heterocycles. The molecule has 0 amide bonds. The molecule has 1 aliphatic heterocycles. The topological polar surface area (TPSA) is 66.6 Å². The van der Waals surface area contributed by atoms with Gasteiger partial charge in [0.1, 0.15) is 0 Å². The van der Waals surface area contributed by atoms with Crippen molar-refractivity contribution in [3.63, 3.8) is 0 Å². The Morgan fingerprint density at radius 2 is 1.78 bits per heavy atom. The zero-order chi connectivity index (χ0) is 14.0. The van der Waals surface area contributed by atoms with E-state index >= 15 is 0 Å². The summed E-state index contributed by atoms with van der Waals surface area (Å²) in [4.78, 5) is 2.80. The van der Waals surface area contributed by atoms with E-state index in [1.807, 2.05) is 13.8 Å². The van der Waals surface area contributed by atoms with E-state index in [2.05, 4.69) is 4.90 Å². The van der Waals surface area contributed by atoms with Gasteiger partial charge in [0.2, 0.25) is 10.0 Å². The van der Waals surface area contributed by atoms with Crippen molar-refractivity contribution in [2.45, 2.75) is 20.3 Å². The van der Waals surface area contributed by atoms with Crippen LogP contribution in [0.1, 0.15) is 20.3 Å². The molecule has 1 saturated heterocycles. The van der Waals surface area contributed by atoms with Gasteiger partial charge >= 0.3 is 0 Å². The summed E-state index contributed by atoms with van der Waals surface area (Å²) in [6, 6.07) is 0. The summed E-state index contributed by atoms with van der Waals surface area (Å²) in [6.07, 6.45) is 2.17. The molecule has 0 aromatic rings. The third-order valence-corrected chi connectivity index (χ3v) is 5.38. The van der Waals surface area contributed by atoms with Gasteiger partial charge in [-0.2, -0.15) is 4.31 Å². The van der Waals surface area contributed by atoms with Gasteiger partial charge < -0.3 is 10.6 Å². The Morgan fingerprint density at radius 3 is 2.17 bits per heavy atom. The minimum absolute atomic E-state index is 0.136. The van der Waals surface area contributed by atoms with Gasteiger partial charge in [-0.1, -0.05) is 26.1 Å². The number of nitrogens with two attached hydrogens (primary N) is 1. The fourth-order valence-electron chi connectivity index (χ4n) is 1.85. The van der Waals surface area contributed by atoms with Crippen LogP contribution in [0.15, 0.2) is 0 Å². The summed E-state index contributed by atoms with van der Waals surface area (Å²) in [5.41, 5.74) is 5.55. The number of thiocarbonyl (C=S) groups is 1. The maximum Gasteiger partial charge on any atom is 0.211 e. The van der Waals surface area contributed by atoms with Crippen LogP contribution in [-0.4, -0.2) is 61.6 Å². The fourth-order valence-corrected chi connectivity index (χ4v) is 2.77. The largest absolute Gasteiger partial charge is 0.393 e. The Balaban J connectivity index is 2.39. The molecule has 7 heteroatoms. The zero-order valence-corrected chi connectivity index (χ0v) is 13.0. The lowest BCUT2D eigenvalue weighted by Crippen LogP contribution is -2.49. The molecule has 106 valence electrons. The van der Waals surface area contributed by atoms with Crippen LogP contribution in [-0.2, 0) is 10.0 Å². The van der Waals surface area contributed by atoms with E-state index in [9.17, 15) is 8.42 Å². The molecule has 2 N–H and O–H groups in total. The number of rotatable bonds is 5. The van der Waals surface area contributed by atoms with Crippen molar-refractivity contribution in [2.24, 2.45) is 11.1 Å². The summed E-state index contributed by atoms with van der Waals surface area (Å²) in [7, 11) is -3.04. The van der Waals surface area contributed by atoms with Gasteiger partial charge in [-0.15, -0.1) is 0 Å². The summed E-state index contributed by atoms with van der Waals surface area (Å²) >= 11 is 5.04. The third-order valence-electron chi connectivity index (χ3n) is 3.52. The summed E-state index contributed by atoms with van der Waals surface area (Å²) in [5, 5.41) is 0. The van der Waals surface area contributed by atoms with Gasteiger partial charge in [-0.05, 0) is 13.0 Å². The Bertz CT molecular complexity index is 399. The van der Waals surface area contributed by atoms with Gasteiger partial charge in [0, 0.05) is 31.6 Å². The Labute approximate surface area is 115 Å². The van der Waals surface area contributed by atoms with Crippen molar-refractivity contribution < 1.29 is 8.42 Å². The number of piperazine rings is 1. The Hall–Kier alpha value is -0.240. The number of sulfonamides is 1. The van der Waals surface area contributed by atoms with Crippen LogP contribution in [0.25, 0.3) is 0 Å². The van der Waals surface area contributed by atoms with Crippen molar-refractivity contribution in [3.8, 4) is 0 Å². The summed E-state index contributed by atoms with van der Waals surface area (Å²) in [5.74, 6) is 0. The van der Waals surface area contributed by atoms with Crippen molar-refractivity contribution in [3.05, 3.63) is 0 Å². The SMILES string of the molecule is CC(C)(CCN1CCN(S(C)(=O)=O)CC1)C(N)=S. The first-order valence-corrected chi connectivity index (χ1v) is 8.36. The molecule has 0 saturated carbocycles. The highest BCUT2D eigenvalue weighted by atomic mass is 32.2. The molecule has 1 heterocycles. The highest BCUT2D eigenvalue weighted by Gasteiger charge is 2.26. The molecule has 18 heavy (non-hydrogen) atoms. The first-order chi connectivity index (χ1) is 8.13. The predicted molar refractivity (Wildman–Crippen MR) is 78.0 cm³/mol. The summed E-state index contributed by atoms with van der Waals surface area (Å²) < 4.78 is 24.3. The van der Waals surface area contributed by atoms with Crippen molar-refractivity contribution in [1.29, 1.82) is 0 Å². The predicted octanol–water partition coefficient (Wildman–Crippen LogP) is 0.266. The minimum atomic E-state index is -3.04. The first kappa shape index (κ1) is 15.8. The highest BCUT2D eigenvalue weighted by Crippen LogP contribution is 2.21. The van der Waals surface area contributed by atoms with Gasteiger partial charge in [0.15, 0.2) is 0 Å². The second-order valence-electron chi connectivity index (χ2n) is 5.50. The molecule has 0 spiro atoms. The lowest BCUT2D eigenvalue weighted by Gasteiger charge is -2.35. The quantitative estimate of drug-likeness (QED) is 0.737. The van der Waals surface area contributed by atoms with E-state index in [4.69, 9.17) is 18.0 Å². The second kappa shape index (κ2) is 5.81. The standard InChI is InChI=1S/C11H23N3O2S2/c1-11(2,10(12)17)4-5-13-6-8-14(9-7-13)18(3,15)16/h4-9H2,1-3H3,(H2,12,17). The van der Waals surface area contributed by atoms with Crippen LogP contribution in [0.5, 0.6) is 0 Å². The monoisotopic (exact) mass is 293 g/mol. The van der Waals surface area contributed by atoms with E-state index in [0.717, 1.165) is 26.1 Å². The number of hydrogen-bond donors (Lipinski definition) is 1. The zero-order valence-electron chi connectivity index (χ0n) is 11.3. The molecular weight excluding hydrogens is 270 g/mol. The van der Waals surface area contributed by atoms with Gasteiger partial charge in [-0.3, -0.25) is 0 Å². The van der Waals surface area contributed by atoms with E-state index in [1.165, 1.54) is 10.6 Å². The third kappa shape index (κ3) is 4.46. The van der Waals surface area contributed by atoms with E-state index in [0.29, 0.717) is 18.1 Å². The van der Waals surface area contributed by atoms with E-state index in [1.54, 1.807) is 0 Å². The molecule has 0 aromatic carbocycles.